The van der Waals surface area contributed by atoms with Gasteiger partial charge >= 0.3 is 0 Å². The van der Waals surface area contributed by atoms with Crippen molar-refractivity contribution < 1.29 is 8.78 Å². The van der Waals surface area contributed by atoms with Gasteiger partial charge in [-0.05, 0) is 25.1 Å². The number of aryl methyl sites for hydroxylation is 1. The molecular weight excluding hydrogens is 322 g/mol. The topological polar surface area (TPSA) is 60.9 Å². The van der Waals surface area contributed by atoms with Crippen molar-refractivity contribution in [3.05, 3.63) is 41.7 Å². The van der Waals surface area contributed by atoms with Crippen molar-refractivity contribution in [3.8, 4) is 22.0 Å². The average Bonchev–Trinajstić information content (AvgIpc) is 3.18. The van der Waals surface area contributed by atoms with Gasteiger partial charge in [0.25, 0.3) is 0 Å². The van der Waals surface area contributed by atoms with E-state index in [1.54, 1.807) is 10.9 Å². The normalized spacial score (nSPS) is 11.5. The van der Waals surface area contributed by atoms with E-state index >= 15 is 0 Å². The summed E-state index contributed by atoms with van der Waals surface area (Å²) in [4.78, 5) is 0.502. The minimum atomic E-state index is -0.576. The molecule has 0 unspecified atom stereocenters. The van der Waals surface area contributed by atoms with Crippen LogP contribution >= 0.6 is 11.3 Å². The van der Waals surface area contributed by atoms with E-state index < -0.39 is 11.6 Å². The Bertz CT molecular complexity index is 1030. The van der Waals surface area contributed by atoms with Crippen LogP contribution in [0, 0.1) is 18.6 Å². The van der Waals surface area contributed by atoms with Gasteiger partial charge in [0.15, 0.2) is 10.8 Å². The van der Waals surface area contributed by atoms with Crippen LogP contribution in [0.4, 0.5) is 8.78 Å². The third-order valence-electron chi connectivity index (χ3n) is 3.63. The first kappa shape index (κ1) is 13.9. The Balaban J connectivity index is 1.90. The Morgan fingerprint density at radius 3 is 2.70 bits per heavy atom. The second-order valence-corrected chi connectivity index (χ2v) is 5.97. The van der Waals surface area contributed by atoms with Crippen molar-refractivity contribution >= 4 is 16.3 Å². The van der Waals surface area contributed by atoms with Gasteiger partial charge in [0.2, 0.25) is 4.96 Å². The molecule has 0 spiro atoms. The van der Waals surface area contributed by atoms with Crippen molar-refractivity contribution in [2.24, 2.45) is 7.05 Å². The second kappa shape index (κ2) is 4.92. The molecule has 0 saturated carbocycles. The van der Waals surface area contributed by atoms with Crippen LogP contribution in [-0.4, -0.2) is 29.6 Å². The van der Waals surface area contributed by atoms with Gasteiger partial charge in [-0.1, -0.05) is 11.3 Å². The van der Waals surface area contributed by atoms with Gasteiger partial charge < -0.3 is 0 Å². The first-order chi connectivity index (χ1) is 11.0. The summed E-state index contributed by atoms with van der Waals surface area (Å²) in [6.45, 7) is 1.93. The van der Waals surface area contributed by atoms with Crippen molar-refractivity contribution in [2.75, 3.05) is 0 Å². The molecule has 1 aromatic carbocycles. The van der Waals surface area contributed by atoms with Crippen LogP contribution in [-0.2, 0) is 7.05 Å². The van der Waals surface area contributed by atoms with E-state index in [1.807, 2.05) is 14.0 Å². The monoisotopic (exact) mass is 332 g/mol. The molecular formula is C14H10F2N6S. The fraction of sp³-hybridized carbons (Fsp3) is 0.143. The Kier molecular flexibility index (Phi) is 2.98. The van der Waals surface area contributed by atoms with Crippen LogP contribution in [0.1, 0.15) is 5.69 Å². The predicted molar refractivity (Wildman–Crippen MR) is 81.0 cm³/mol. The molecule has 4 aromatic rings. The summed E-state index contributed by atoms with van der Waals surface area (Å²) >= 11 is 1.31. The Morgan fingerprint density at radius 1 is 1.13 bits per heavy atom. The molecule has 0 aliphatic carbocycles. The highest BCUT2D eigenvalue weighted by molar-refractivity contribution is 7.19. The molecule has 116 valence electrons. The van der Waals surface area contributed by atoms with Gasteiger partial charge in [0, 0.05) is 12.7 Å². The molecule has 0 aliphatic heterocycles. The van der Waals surface area contributed by atoms with Crippen LogP contribution in [0.25, 0.3) is 26.9 Å². The van der Waals surface area contributed by atoms with Crippen LogP contribution in [0.2, 0.25) is 0 Å². The quantitative estimate of drug-likeness (QED) is 0.566. The lowest BCUT2D eigenvalue weighted by molar-refractivity contribution is 0.601. The lowest BCUT2D eigenvalue weighted by Gasteiger charge is -1.99. The van der Waals surface area contributed by atoms with Crippen molar-refractivity contribution in [3.63, 3.8) is 0 Å². The molecule has 0 radical (unpaired) electrons. The number of hydrogen-bond acceptors (Lipinski definition) is 5. The standard InChI is InChI=1S/C14H10F2N6S/c1-7-10(6-17-21(7)2)13-20-22-12(18-19-14(22)23-13)9-5-8(15)3-4-11(9)16/h3-6H,1-2H3. The lowest BCUT2D eigenvalue weighted by atomic mass is 10.2. The van der Waals surface area contributed by atoms with Crippen molar-refractivity contribution in [2.45, 2.75) is 6.92 Å². The number of halogens is 2. The molecule has 0 saturated heterocycles. The molecule has 9 heteroatoms. The number of benzene rings is 1. The van der Waals surface area contributed by atoms with Gasteiger partial charge in [-0.25, -0.2) is 8.78 Å². The van der Waals surface area contributed by atoms with Crippen molar-refractivity contribution in [1.82, 2.24) is 29.6 Å². The molecule has 3 heterocycles. The van der Waals surface area contributed by atoms with Crippen LogP contribution < -0.4 is 0 Å². The summed E-state index contributed by atoms with van der Waals surface area (Å²) in [6.07, 6.45) is 1.71. The Labute approximate surface area is 133 Å². The first-order valence-corrected chi connectivity index (χ1v) is 7.53. The maximum absolute atomic E-state index is 14.0. The van der Waals surface area contributed by atoms with E-state index in [-0.39, 0.29) is 11.4 Å². The van der Waals surface area contributed by atoms with E-state index in [4.69, 9.17) is 0 Å². The fourth-order valence-corrected chi connectivity index (χ4v) is 3.17. The zero-order valence-electron chi connectivity index (χ0n) is 12.2. The third-order valence-corrected chi connectivity index (χ3v) is 4.56. The third kappa shape index (κ3) is 2.12. The smallest absolute Gasteiger partial charge is 0.235 e. The molecule has 23 heavy (non-hydrogen) atoms. The van der Waals surface area contributed by atoms with Crippen LogP contribution in [0.5, 0.6) is 0 Å². The Hall–Kier alpha value is -2.68. The number of hydrogen-bond donors (Lipinski definition) is 0. The van der Waals surface area contributed by atoms with E-state index in [0.29, 0.717) is 9.97 Å². The fourth-order valence-electron chi connectivity index (χ4n) is 2.27. The number of aromatic nitrogens is 6. The van der Waals surface area contributed by atoms with Crippen LogP contribution in [0.15, 0.2) is 24.4 Å². The number of rotatable bonds is 2. The molecule has 0 bridgehead atoms. The molecule has 0 amide bonds. The average molecular weight is 332 g/mol. The predicted octanol–water partition coefficient (Wildman–Crippen LogP) is 2.84. The highest BCUT2D eigenvalue weighted by Gasteiger charge is 2.19. The molecule has 6 nitrogen and oxygen atoms in total. The summed E-state index contributed by atoms with van der Waals surface area (Å²) in [5, 5.41) is 17.2. The van der Waals surface area contributed by atoms with Gasteiger partial charge in [0.05, 0.1) is 17.3 Å². The minimum Gasteiger partial charge on any atom is -0.272 e. The van der Waals surface area contributed by atoms with E-state index in [9.17, 15) is 8.78 Å². The van der Waals surface area contributed by atoms with Crippen molar-refractivity contribution in [1.29, 1.82) is 0 Å². The molecule has 0 atom stereocenters. The van der Waals surface area contributed by atoms with E-state index in [1.165, 1.54) is 15.9 Å². The maximum atomic E-state index is 14.0. The van der Waals surface area contributed by atoms with Gasteiger partial charge in [-0.2, -0.15) is 14.7 Å². The zero-order valence-corrected chi connectivity index (χ0v) is 13.0. The number of fused-ring (bicyclic) bond motifs is 1. The Morgan fingerprint density at radius 2 is 1.96 bits per heavy atom. The van der Waals surface area contributed by atoms with Crippen LogP contribution in [0.3, 0.4) is 0 Å². The highest BCUT2D eigenvalue weighted by atomic mass is 32.1. The zero-order chi connectivity index (χ0) is 16.1. The molecule has 0 fully saturated rings. The maximum Gasteiger partial charge on any atom is 0.235 e. The van der Waals surface area contributed by atoms with Gasteiger partial charge in [-0.15, -0.1) is 10.2 Å². The van der Waals surface area contributed by atoms with Gasteiger partial charge in [-0.3, -0.25) is 4.68 Å². The SMILES string of the molecule is Cc1c(-c2nn3c(-c4cc(F)ccc4F)nnc3s2)cnn1C. The lowest BCUT2D eigenvalue weighted by Crippen LogP contribution is -1.95. The minimum absolute atomic E-state index is 0.0252. The van der Waals surface area contributed by atoms with Gasteiger partial charge in [0.1, 0.15) is 11.6 Å². The largest absolute Gasteiger partial charge is 0.272 e. The summed E-state index contributed by atoms with van der Waals surface area (Å²) in [5.41, 5.74) is 1.85. The van der Waals surface area contributed by atoms with E-state index in [0.717, 1.165) is 29.5 Å². The second-order valence-electron chi connectivity index (χ2n) is 5.02. The summed E-state index contributed by atoms with van der Waals surface area (Å²) in [7, 11) is 1.84. The molecule has 3 aromatic heterocycles. The number of nitrogens with zero attached hydrogens (tertiary/aromatic N) is 6. The summed E-state index contributed by atoms with van der Waals surface area (Å²) < 4.78 is 30.5. The molecule has 4 rings (SSSR count). The highest BCUT2D eigenvalue weighted by Crippen LogP contribution is 2.30. The summed E-state index contributed by atoms with van der Waals surface area (Å²) in [6, 6.07) is 3.20. The summed E-state index contributed by atoms with van der Waals surface area (Å²) in [5.74, 6) is -0.953. The molecule has 0 N–H and O–H groups in total. The molecule has 0 aliphatic rings. The van der Waals surface area contributed by atoms with E-state index in [2.05, 4.69) is 20.4 Å². The first-order valence-electron chi connectivity index (χ1n) is 6.71.